The molecule has 0 aromatic carbocycles. The normalized spacial score (nSPS) is 10.4. The molecular weight excluding hydrogens is 216 g/mol. The first-order valence-corrected chi connectivity index (χ1v) is 5.98. The average Bonchev–Trinajstić information content (AvgIpc) is 2.47. The van der Waals surface area contributed by atoms with Crippen molar-refractivity contribution in [3.63, 3.8) is 0 Å². The van der Waals surface area contributed by atoms with Crippen LogP contribution in [0.4, 0.5) is 0 Å². The second-order valence-corrected chi connectivity index (χ2v) is 4.59. The van der Waals surface area contributed by atoms with E-state index < -0.39 is 10.1 Å². The van der Waals surface area contributed by atoms with Crippen molar-refractivity contribution in [1.82, 2.24) is 4.57 Å². The predicted octanol–water partition coefficient (Wildman–Crippen LogP) is 0.273. The third kappa shape index (κ3) is 5.34. The van der Waals surface area contributed by atoms with E-state index >= 15 is 0 Å². The maximum absolute atomic E-state index is 9.44. The fraction of sp³-hybridized carbons (Fsp3) is 0.444. The van der Waals surface area contributed by atoms with Gasteiger partial charge in [-0.15, -0.1) is 0 Å². The highest BCUT2D eigenvalue weighted by molar-refractivity contribution is 7.85. The molecule has 0 saturated carbocycles. The molecule has 0 saturated heterocycles. The summed E-state index contributed by atoms with van der Waals surface area (Å²) in [6.07, 6.45) is 5.76. The van der Waals surface area contributed by atoms with Crippen LogP contribution in [-0.4, -0.2) is 23.3 Å². The van der Waals surface area contributed by atoms with Gasteiger partial charge in [-0.1, -0.05) is 13.5 Å². The molecule has 0 atom stereocenters. The topological polar surface area (TPSA) is 66.0 Å². The fourth-order valence-electron chi connectivity index (χ4n) is 0.763. The third-order valence-electron chi connectivity index (χ3n) is 1.89. The Hall–Kier alpha value is -1.14. The van der Waals surface area contributed by atoms with Crippen molar-refractivity contribution in [2.75, 3.05) is 5.75 Å². The molecule has 0 aliphatic carbocycles. The monoisotopic (exact) mass is 232 g/mol. The highest BCUT2D eigenvalue weighted by atomic mass is 32.2. The van der Waals surface area contributed by atoms with E-state index in [1.165, 1.54) is 12.7 Å². The SMILES string of the molecule is C=Cn1cc[n+](C)c1C.CCS(=O)(=O)[O-]. The van der Waals surface area contributed by atoms with Gasteiger partial charge in [0.05, 0.1) is 23.4 Å². The Kier molecular flexibility index (Phi) is 5.24. The van der Waals surface area contributed by atoms with Crippen molar-refractivity contribution < 1.29 is 17.5 Å². The van der Waals surface area contributed by atoms with E-state index in [-0.39, 0.29) is 5.75 Å². The first-order valence-electron chi connectivity index (χ1n) is 4.41. The minimum Gasteiger partial charge on any atom is -0.748 e. The molecular formula is C9H16N2O3S. The Morgan fingerprint density at radius 3 is 2.27 bits per heavy atom. The van der Waals surface area contributed by atoms with Gasteiger partial charge < -0.3 is 4.55 Å². The van der Waals surface area contributed by atoms with Crippen LogP contribution in [0.5, 0.6) is 0 Å². The summed E-state index contributed by atoms with van der Waals surface area (Å²) in [4.78, 5) is 0. The lowest BCUT2D eigenvalue weighted by Gasteiger charge is -1.97. The summed E-state index contributed by atoms with van der Waals surface area (Å²) in [7, 11) is -1.90. The Labute approximate surface area is 90.4 Å². The van der Waals surface area contributed by atoms with Crippen molar-refractivity contribution in [2.45, 2.75) is 13.8 Å². The van der Waals surface area contributed by atoms with Gasteiger partial charge in [0.25, 0.3) is 5.82 Å². The second-order valence-electron chi connectivity index (χ2n) is 2.89. The largest absolute Gasteiger partial charge is 0.748 e. The van der Waals surface area contributed by atoms with Gasteiger partial charge in [-0.25, -0.2) is 17.6 Å². The van der Waals surface area contributed by atoms with Crippen LogP contribution >= 0.6 is 0 Å². The number of hydrogen-bond donors (Lipinski definition) is 0. The molecule has 0 fully saturated rings. The summed E-state index contributed by atoms with van der Waals surface area (Å²) in [6, 6.07) is 0. The minimum atomic E-state index is -3.91. The van der Waals surface area contributed by atoms with Gasteiger partial charge in [0.2, 0.25) is 0 Å². The van der Waals surface area contributed by atoms with Crippen LogP contribution in [0, 0.1) is 6.92 Å². The second kappa shape index (κ2) is 5.67. The molecule has 1 aromatic heterocycles. The lowest BCUT2D eigenvalue weighted by Crippen LogP contribution is -2.28. The zero-order chi connectivity index (χ0) is 12.1. The van der Waals surface area contributed by atoms with Gasteiger partial charge in [0.15, 0.2) is 0 Å². The van der Waals surface area contributed by atoms with Crippen LogP contribution < -0.4 is 4.57 Å². The van der Waals surface area contributed by atoms with Crippen LogP contribution in [0.2, 0.25) is 0 Å². The number of nitrogens with zero attached hydrogens (tertiary/aromatic N) is 2. The van der Waals surface area contributed by atoms with Gasteiger partial charge in [0, 0.05) is 12.7 Å². The van der Waals surface area contributed by atoms with Gasteiger partial charge in [0.1, 0.15) is 12.4 Å². The maximum Gasteiger partial charge on any atom is 0.257 e. The Morgan fingerprint density at radius 1 is 1.67 bits per heavy atom. The van der Waals surface area contributed by atoms with Crippen molar-refractivity contribution in [2.24, 2.45) is 7.05 Å². The van der Waals surface area contributed by atoms with Crippen LogP contribution in [0.25, 0.3) is 6.20 Å². The van der Waals surface area contributed by atoms with E-state index in [2.05, 4.69) is 6.58 Å². The molecule has 0 amide bonds. The molecule has 86 valence electrons. The van der Waals surface area contributed by atoms with Crippen LogP contribution in [0.15, 0.2) is 19.0 Å². The molecule has 1 aromatic rings. The third-order valence-corrected chi connectivity index (χ3v) is 2.59. The standard InChI is InChI=1S/C7H11N2.C2H6O3S/c1-4-9-6-5-8(3)7(9)2;1-2-6(3,4)5/h4-6H,1H2,2-3H3;2H2,1H3,(H,3,4,5)/q+1;/p-1. The van der Waals surface area contributed by atoms with E-state index in [9.17, 15) is 13.0 Å². The highest BCUT2D eigenvalue weighted by Crippen LogP contribution is 1.90. The molecule has 0 bridgehead atoms. The number of hydrogen-bond acceptors (Lipinski definition) is 3. The Bertz CT molecular complexity index is 421. The molecule has 0 spiro atoms. The van der Waals surface area contributed by atoms with Gasteiger partial charge in [-0.05, 0) is 0 Å². The van der Waals surface area contributed by atoms with Crippen LogP contribution in [0.1, 0.15) is 12.7 Å². The summed E-state index contributed by atoms with van der Waals surface area (Å²) < 4.78 is 32.3. The van der Waals surface area contributed by atoms with Gasteiger partial charge in [-0.2, -0.15) is 0 Å². The molecule has 6 heteroatoms. The predicted molar refractivity (Wildman–Crippen MR) is 57.0 cm³/mol. The van der Waals surface area contributed by atoms with Gasteiger partial charge >= 0.3 is 0 Å². The molecule has 1 heterocycles. The maximum atomic E-state index is 9.44. The zero-order valence-electron chi connectivity index (χ0n) is 9.17. The molecule has 0 N–H and O–H groups in total. The summed E-state index contributed by atoms with van der Waals surface area (Å²) in [6.45, 7) is 7.01. The smallest absolute Gasteiger partial charge is 0.257 e. The first-order chi connectivity index (χ1) is 6.81. The van der Waals surface area contributed by atoms with E-state index in [0.29, 0.717) is 0 Å². The van der Waals surface area contributed by atoms with Crippen molar-refractivity contribution in [3.8, 4) is 0 Å². The van der Waals surface area contributed by atoms with E-state index in [4.69, 9.17) is 0 Å². The number of rotatable bonds is 2. The van der Waals surface area contributed by atoms with Crippen LogP contribution in [-0.2, 0) is 17.2 Å². The van der Waals surface area contributed by atoms with Crippen molar-refractivity contribution >= 4 is 16.3 Å². The van der Waals surface area contributed by atoms with Crippen molar-refractivity contribution in [3.05, 3.63) is 24.8 Å². The Balaban J connectivity index is 0.000000288. The van der Waals surface area contributed by atoms with Crippen LogP contribution in [0.3, 0.4) is 0 Å². The molecule has 5 nitrogen and oxygen atoms in total. The Morgan fingerprint density at radius 2 is 2.13 bits per heavy atom. The number of imidazole rings is 1. The zero-order valence-corrected chi connectivity index (χ0v) is 9.99. The molecule has 15 heavy (non-hydrogen) atoms. The highest BCUT2D eigenvalue weighted by Gasteiger charge is 2.02. The first kappa shape index (κ1) is 13.9. The molecule has 0 radical (unpaired) electrons. The average molecular weight is 232 g/mol. The number of aromatic nitrogens is 2. The minimum absolute atomic E-state index is 0.312. The summed E-state index contributed by atoms with van der Waals surface area (Å²) in [5, 5.41) is 0. The van der Waals surface area contributed by atoms with E-state index in [1.807, 2.05) is 35.5 Å². The lowest BCUT2D eigenvalue weighted by atomic mass is 10.7. The van der Waals surface area contributed by atoms with Gasteiger partial charge in [-0.3, -0.25) is 0 Å². The summed E-state index contributed by atoms with van der Waals surface area (Å²) in [5.74, 6) is 0.873. The molecule has 0 aliphatic heterocycles. The molecule has 0 aliphatic rings. The summed E-state index contributed by atoms with van der Waals surface area (Å²) >= 11 is 0. The molecule has 0 unspecified atom stereocenters. The number of aryl methyl sites for hydroxylation is 1. The van der Waals surface area contributed by atoms with Crippen molar-refractivity contribution in [1.29, 1.82) is 0 Å². The fourth-order valence-corrected chi connectivity index (χ4v) is 0.763. The van der Waals surface area contributed by atoms with E-state index in [0.717, 1.165) is 0 Å². The molecule has 1 rings (SSSR count). The lowest BCUT2D eigenvalue weighted by molar-refractivity contribution is -0.676. The quantitative estimate of drug-likeness (QED) is 0.543. The summed E-state index contributed by atoms with van der Waals surface area (Å²) in [5.41, 5.74) is 0. The van der Waals surface area contributed by atoms with E-state index in [1.54, 1.807) is 6.20 Å².